The Morgan fingerprint density at radius 3 is 2.64 bits per heavy atom. The lowest BCUT2D eigenvalue weighted by atomic mass is 10.0. The van der Waals surface area contributed by atoms with E-state index in [4.69, 9.17) is 9.15 Å². The smallest absolute Gasteiger partial charge is 0.409 e. The molecule has 0 spiro atoms. The Morgan fingerprint density at radius 1 is 1.28 bits per heavy atom. The maximum absolute atomic E-state index is 12.5. The number of piperidine rings is 1. The van der Waals surface area contributed by atoms with Crippen LogP contribution in [0, 0.1) is 6.92 Å². The van der Waals surface area contributed by atoms with Gasteiger partial charge in [0.05, 0.1) is 24.6 Å². The van der Waals surface area contributed by atoms with Gasteiger partial charge >= 0.3 is 6.09 Å². The number of nitrogens with zero attached hydrogens (tertiary/aromatic N) is 2. The third-order valence-electron chi connectivity index (χ3n) is 4.37. The highest BCUT2D eigenvalue weighted by molar-refractivity contribution is 5.95. The number of aromatic nitrogens is 1. The number of methoxy groups -OCH3 is 1. The molecule has 0 aliphatic carbocycles. The highest BCUT2D eigenvalue weighted by Gasteiger charge is 2.25. The molecule has 0 atom stereocenters. The van der Waals surface area contributed by atoms with Gasteiger partial charge < -0.3 is 19.4 Å². The van der Waals surface area contributed by atoms with Crippen molar-refractivity contribution in [2.24, 2.45) is 0 Å². The number of hydrogen-bond acceptors (Lipinski definition) is 5. The first-order valence-electron chi connectivity index (χ1n) is 8.23. The summed E-state index contributed by atoms with van der Waals surface area (Å²) in [5, 5.41) is 3.03. The third-order valence-corrected chi connectivity index (χ3v) is 4.37. The van der Waals surface area contributed by atoms with E-state index in [2.05, 4.69) is 10.3 Å². The van der Waals surface area contributed by atoms with Crippen LogP contribution < -0.4 is 5.32 Å². The van der Waals surface area contributed by atoms with Crippen molar-refractivity contribution in [1.82, 2.24) is 15.2 Å². The summed E-state index contributed by atoms with van der Waals surface area (Å²) in [7, 11) is 1.37. The van der Waals surface area contributed by atoms with Crippen molar-refractivity contribution < 1.29 is 18.7 Å². The topological polar surface area (TPSA) is 84.7 Å². The molecule has 7 nitrogen and oxygen atoms in total. The third kappa shape index (κ3) is 3.81. The summed E-state index contributed by atoms with van der Waals surface area (Å²) in [6, 6.07) is 7.21. The minimum Gasteiger partial charge on any atom is -0.463 e. The van der Waals surface area contributed by atoms with Crippen LogP contribution in [0.2, 0.25) is 0 Å². The number of furan rings is 1. The summed E-state index contributed by atoms with van der Waals surface area (Å²) >= 11 is 0. The first-order chi connectivity index (χ1) is 12.1. The van der Waals surface area contributed by atoms with Crippen LogP contribution in [0.4, 0.5) is 4.79 Å². The average Bonchev–Trinajstić information content (AvgIpc) is 3.16. The molecule has 3 rings (SSSR count). The van der Waals surface area contributed by atoms with Crippen LogP contribution in [0.5, 0.6) is 0 Å². The molecular formula is C18H21N3O4. The van der Waals surface area contributed by atoms with Gasteiger partial charge in [-0.15, -0.1) is 0 Å². The Bertz CT molecular complexity index is 750. The summed E-state index contributed by atoms with van der Waals surface area (Å²) in [4.78, 5) is 30.1. The van der Waals surface area contributed by atoms with Crippen molar-refractivity contribution in [2.75, 3.05) is 20.2 Å². The van der Waals surface area contributed by atoms with Gasteiger partial charge in [-0.25, -0.2) is 9.78 Å². The quantitative estimate of drug-likeness (QED) is 0.926. The zero-order valence-corrected chi connectivity index (χ0v) is 14.3. The van der Waals surface area contributed by atoms with Crippen LogP contribution in [0.3, 0.4) is 0 Å². The van der Waals surface area contributed by atoms with Crippen LogP contribution in [-0.2, 0) is 4.74 Å². The Labute approximate surface area is 146 Å². The lowest BCUT2D eigenvalue weighted by Crippen LogP contribution is -2.46. The monoisotopic (exact) mass is 343 g/mol. The van der Waals surface area contributed by atoms with Crippen LogP contribution in [0.1, 0.15) is 28.9 Å². The van der Waals surface area contributed by atoms with E-state index in [-0.39, 0.29) is 18.0 Å². The van der Waals surface area contributed by atoms with Gasteiger partial charge in [-0.2, -0.15) is 0 Å². The maximum Gasteiger partial charge on any atom is 0.409 e. The van der Waals surface area contributed by atoms with Crippen molar-refractivity contribution in [3.05, 3.63) is 41.8 Å². The number of nitrogens with one attached hydrogen (secondary N) is 1. The van der Waals surface area contributed by atoms with E-state index in [0.717, 1.165) is 0 Å². The van der Waals surface area contributed by atoms with E-state index in [9.17, 15) is 9.59 Å². The van der Waals surface area contributed by atoms with Crippen molar-refractivity contribution in [3.63, 3.8) is 0 Å². The van der Waals surface area contributed by atoms with Gasteiger partial charge in [0, 0.05) is 19.1 Å². The molecule has 0 aromatic carbocycles. The number of carbonyl (C=O) groups is 2. The first-order valence-corrected chi connectivity index (χ1v) is 8.23. The van der Waals surface area contributed by atoms with Gasteiger partial charge in [0.15, 0.2) is 5.76 Å². The predicted octanol–water partition coefficient (Wildman–Crippen LogP) is 2.61. The molecule has 1 saturated heterocycles. The molecule has 2 amide bonds. The molecule has 0 unspecified atom stereocenters. The van der Waals surface area contributed by atoms with Gasteiger partial charge in [0.2, 0.25) is 0 Å². The summed E-state index contributed by atoms with van der Waals surface area (Å²) < 4.78 is 10.0. The number of ether oxygens (including phenoxy) is 1. The van der Waals surface area contributed by atoms with Gasteiger partial charge in [-0.05, 0) is 44.0 Å². The molecule has 0 bridgehead atoms. The molecule has 7 heteroatoms. The summed E-state index contributed by atoms with van der Waals surface area (Å²) in [5.74, 6) is 0.526. The Hall–Kier alpha value is -2.83. The lowest BCUT2D eigenvalue weighted by molar-refractivity contribution is 0.0891. The number of likely N-dealkylation sites (tertiary alicyclic amines) is 1. The van der Waals surface area contributed by atoms with E-state index < -0.39 is 0 Å². The number of amides is 2. The number of hydrogen-bond donors (Lipinski definition) is 1. The molecule has 132 valence electrons. The van der Waals surface area contributed by atoms with Crippen LogP contribution >= 0.6 is 0 Å². The molecule has 1 aliphatic heterocycles. The van der Waals surface area contributed by atoms with E-state index in [1.165, 1.54) is 7.11 Å². The number of carbonyl (C=O) groups excluding carboxylic acids is 2. The fourth-order valence-electron chi connectivity index (χ4n) is 2.96. The second-order valence-corrected chi connectivity index (χ2v) is 6.01. The van der Waals surface area contributed by atoms with Gasteiger partial charge in [-0.3, -0.25) is 4.79 Å². The van der Waals surface area contributed by atoms with E-state index in [0.29, 0.717) is 48.6 Å². The summed E-state index contributed by atoms with van der Waals surface area (Å²) in [6.07, 6.45) is 2.68. The van der Waals surface area contributed by atoms with Crippen molar-refractivity contribution in [1.29, 1.82) is 0 Å². The van der Waals surface area contributed by atoms with Crippen LogP contribution in [0.15, 0.2) is 34.9 Å². The van der Waals surface area contributed by atoms with E-state index in [1.54, 1.807) is 36.3 Å². The minimum atomic E-state index is -0.321. The number of aryl methyl sites for hydroxylation is 1. The lowest BCUT2D eigenvalue weighted by Gasteiger charge is -2.31. The number of rotatable bonds is 3. The molecule has 0 radical (unpaired) electrons. The van der Waals surface area contributed by atoms with E-state index >= 15 is 0 Å². The van der Waals surface area contributed by atoms with Crippen molar-refractivity contribution >= 4 is 12.0 Å². The fourth-order valence-corrected chi connectivity index (χ4v) is 2.96. The second-order valence-electron chi connectivity index (χ2n) is 6.01. The van der Waals surface area contributed by atoms with Gasteiger partial charge in [0.1, 0.15) is 5.69 Å². The summed E-state index contributed by atoms with van der Waals surface area (Å²) in [5.41, 5.74) is 1.90. The summed E-state index contributed by atoms with van der Waals surface area (Å²) in [6.45, 7) is 2.96. The van der Waals surface area contributed by atoms with Crippen LogP contribution in [0.25, 0.3) is 11.5 Å². The largest absolute Gasteiger partial charge is 0.463 e. The van der Waals surface area contributed by atoms with Crippen LogP contribution in [-0.4, -0.2) is 48.1 Å². The molecule has 2 aromatic rings. The maximum atomic E-state index is 12.5. The molecule has 25 heavy (non-hydrogen) atoms. The zero-order valence-electron chi connectivity index (χ0n) is 14.3. The molecular weight excluding hydrogens is 322 g/mol. The minimum absolute atomic E-state index is 0.0394. The highest BCUT2D eigenvalue weighted by atomic mass is 16.5. The Balaban J connectivity index is 1.61. The van der Waals surface area contributed by atoms with Gasteiger partial charge in [-0.1, -0.05) is 0 Å². The normalized spacial score (nSPS) is 15.0. The Morgan fingerprint density at radius 2 is 2.04 bits per heavy atom. The standard InChI is InChI=1S/C18H21N3O4/c1-12-14(5-6-15(19-12)16-4-3-11-25-16)17(22)20-13-7-9-21(10-8-13)18(23)24-2/h3-6,11,13H,7-10H2,1-2H3,(H,20,22). The fraction of sp³-hybridized carbons (Fsp3) is 0.389. The van der Waals surface area contributed by atoms with Gasteiger partial charge in [0.25, 0.3) is 5.91 Å². The van der Waals surface area contributed by atoms with Crippen molar-refractivity contribution in [3.8, 4) is 11.5 Å². The molecule has 3 heterocycles. The first kappa shape index (κ1) is 17.0. The van der Waals surface area contributed by atoms with Crippen molar-refractivity contribution in [2.45, 2.75) is 25.8 Å². The molecule has 0 saturated carbocycles. The average molecular weight is 343 g/mol. The second kappa shape index (κ2) is 7.38. The number of pyridine rings is 1. The SMILES string of the molecule is COC(=O)N1CCC(NC(=O)c2ccc(-c3ccco3)nc2C)CC1. The molecule has 2 aromatic heterocycles. The Kier molecular flexibility index (Phi) is 5.02. The predicted molar refractivity (Wildman–Crippen MR) is 91.1 cm³/mol. The van der Waals surface area contributed by atoms with E-state index in [1.807, 2.05) is 6.07 Å². The highest BCUT2D eigenvalue weighted by Crippen LogP contribution is 2.20. The molecule has 1 aliphatic rings. The zero-order chi connectivity index (χ0) is 17.8. The molecule has 1 N–H and O–H groups in total. The molecule has 1 fully saturated rings.